The number of hydrogen-bond acceptors (Lipinski definition) is 4. The van der Waals surface area contributed by atoms with Gasteiger partial charge in [-0.2, -0.15) is 5.10 Å². The van der Waals surface area contributed by atoms with E-state index in [-0.39, 0.29) is 30.4 Å². The van der Waals surface area contributed by atoms with E-state index in [4.69, 9.17) is 4.74 Å². The average Bonchev–Trinajstić information content (AvgIpc) is 2.45. The van der Waals surface area contributed by atoms with Crippen LogP contribution in [0.1, 0.15) is 38.3 Å². The third kappa shape index (κ3) is 3.96. The normalized spacial score (nSPS) is 18.2. The molecule has 0 aliphatic carbocycles. The molecule has 23 heavy (non-hydrogen) atoms. The van der Waals surface area contributed by atoms with Gasteiger partial charge in [0.25, 0.3) is 0 Å². The van der Waals surface area contributed by atoms with Gasteiger partial charge >= 0.3 is 0 Å². The standard InChI is InChI=1S/C17H21FN2O3/c1-5-11-13(23-9-17(3,4)22)7-6-12(15(11)18)16-10(2)8-14(21)19-20-16/h5-7,10,22H,1,8-9H2,2-4H3,(H,19,21). The maximum Gasteiger partial charge on any atom is 0.240 e. The zero-order chi connectivity index (χ0) is 17.2. The lowest BCUT2D eigenvalue weighted by Crippen LogP contribution is -2.32. The molecule has 0 saturated carbocycles. The Morgan fingerprint density at radius 2 is 2.26 bits per heavy atom. The Morgan fingerprint density at radius 1 is 1.57 bits per heavy atom. The number of hydrogen-bond donors (Lipinski definition) is 2. The second-order valence-electron chi connectivity index (χ2n) is 6.28. The van der Waals surface area contributed by atoms with Crippen molar-refractivity contribution in [3.63, 3.8) is 0 Å². The summed E-state index contributed by atoms with van der Waals surface area (Å²) < 4.78 is 20.3. The van der Waals surface area contributed by atoms with E-state index in [2.05, 4.69) is 17.1 Å². The summed E-state index contributed by atoms with van der Waals surface area (Å²) in [6.45, 7) is 8.68. The SMILES string of the molecule is C=Cc1c(OCC(C)(C)O)ccc(C2=NNC(=O)CC2C)c1F. The molecule has 2 rings (SSSR count). The Bertz CT molecular complexity index is 663. The highest BCUT2D eigenvalue weighted by atomic mass is 19.1. The first kappa shape index (κ1) is 17.1. The summed E-state index contributed by atoms with van der Waals surface area (Å²) in [7, 11) is 0. The van der Waals surface area contributed by atoms with Gasteiger partial charge in [0.15, 0.2) is 0 Å². The molecular weight excluding hydrogens is 299 g/mol. The van der Waals surface area contributed by atoms with Gasteiger partial charge in [-0.05, 0) is 26.0 Å². The first-order valence-electron chi connectivity index (χ1n) is 7.40. The highest BCUT2D eigenvalue weighted by Gasteiger charge is 2.26. The lowest BCUT2D eigenvalue weighted by Gasteiger charge is -2.22. The number of benzene rings is 1. The lowest BCUT2D eigenvalue weighted by molar-refractivity contribution is -0.121. The van der Waals surface area contributed by atoms with Crippen molar-refractivity contribution in [1.82, 2.24) is 5.43 Å². The molecule has 0 aromatic heterocycles. The Kier molecular flexibility index (Phi) is 4.85. The van der Waals surface area contributed by atoms with Crippen LogP contribution < -0.4 is 10.2 Å². The predicted octanol–water partition coefficient (Wildman–Crippen LogP) is 2.48. The van der Waals surface area contributed by atoms with Gasteiger partial charge in [0, 0.05) is 17.9 Å². The number of nitrogens with one attached hydrogen (secondary N) is 1. The molecule has 0 fully saturated rings. The van der Waals surface area contributed by atoms with Crippen molar-refractivity contribution in [2.24, 2.45) is 11.0 Å². The number of amides is 1. The second kappa shape index (κ2) is 6.50. The molecular formula is C17H21FN2O3. The molecule has 1 amide bonds. The van der Waals surface area contributed by atoms with E-state index >= 15 is 0 Å². The van der Waals surface area contributed by atoms with Crippen LogP contribution in [0.2, 0.25) is 0 Å². The van der Waals surface area contributed by atoms with Crippen LogP contribution in [0.15, 0.2) is 23.8 Å². The fourth-order valence-corrected chi connectivity index (χ4v) is 2.32. The van der Waals surface area contributed by atoms with E-state index in [9.17, 15) is 14.3 Å². The number of hydrazone groups is 1. The van der Waals surface area contributed by atoms with Crippen LogP contribution in [0.5, 0.6) is 5.75 Å². The highest BCUT2D eigenvalue weighted by molar-refractivity contribution is 6.06. The van der Waals surface area contributed by atoms with E-state index in [1.807, 2.05) is 6.92 Å². The highest BCUT2D eigenvalue weighted by Crippen LogP contribution is 2.29. The average molecular weight is 320 g/mol. The molecule has 1 aliphatic rings. The number of nitrogens with zero attached hydrogens (tertiary/aromatic N) is 1. The molecule has 2 N–H and O–H groups in total. The quantitative estimate of drug-likeness (QED) is 0.875. The minimum Gasteiger partial charge on any atom is -0.490 e. The van der Waals surface area contributed by atoms with Crippen molar-refractivity contribution in [3.05, 3.63) is 35.7 Å². The monoisotopic (exact) mass is 320 g/mol. The smallest absolute Gasteiger partial charge is 0.240 e. The molecule has 124 valence electrons. The molecule has 1 heterocycles. The van der Waals surface area contributed by atoms with Crippen LogP contribution in [0.3, 0.4) is 0 Å². The van der Waals surface area contributed by atoms with Crippen LogP contribution in [0.4, 0.5) is 4.39 Å². The fraction of sp³-hybridized carbons (Fsp3) is 0.412. The Hall–Kier alpha value is -2.21. The first-order valence-corrected chi connectivity index (χ1v) is 7.40. The molecule has 0 radical (unpaired) electrons. The second-order valence-corrected chi connectivity index (χ2v) is 6.28. The van der Waals surface area contributed by atoms with E-state index in [1.54, 1.807) is 26.0 Å². The summed E-state index contributed by atoms with van der Waals surface area (Å²) in [5.74, 6) is -0.568. The molecule has 1 aromatic rings. The third-order valence-electron chi connectivity index (χ3n) is 3.46. The topological polar surface area (TPSA) is 70.9 Å². The van der Waals surface area contributed by atoms with Crippen LogP contribution in [-0.2, 0) is 4.79 Å². The largest absolute Gasteiger partial charge is 0.490 e. The minimum atomic E-state index is -1.03. The van der Waals surface area contributed by atoms with Crippen LogP contribution >= 0.6 is 0 Å². The number of halogens is 1. The predicted molar refractivity (Wildman–Crippen MR) is 86.7 cm³/mol. The number of rotatable bonds is 5. The summed E-state index contributed by atoms with van der Waals surface area (Å²) in [4.78, 5) is 11.3. The molecule has 1 aromatic carbocycles. The molecule has 0 spiro atoms. The summed E-state index contributed by atoms with van der Waals surface area (Å²) in [5.41, 5.74) is 2.35. The summed E-state index contributed by atoms with van der Waals surface area (Å²) >= 11 is 0. The van der Waals surface area contributed by atoms with E-state index < -0.39 is 11.4 Å². The first-order chi connectivity index (χ1) is 10.7. The Morgan fingerprint density at radius 3 is 2.83 bits per heavy atom. The van der Waals surface area contributed by atoms with Crippen molar-refractivity contribution in [3.8, 4) is 5.75 Å². The minimum absolute atomic E-state index is 0.0278. The third-order valence-corrected chi connectivity index (χ3v) is 3.46. The molecule has 5 nitrogen and oxygen atoms in total. The Balaban J connectivity index is 2.37. The maximum absolute atomic E-state index is 14.8. The number of aliphatic hydroxyl groups is 1. The molecule has 1 unspecified atom stereocenters. The Labute approximate surface area is 134 Å². The number of carbonyl (C=O) groups excluding carboxylic acids is 1. The van der Waals surface area contributed by atoms with E-state index in [1.165, 1.54) is 6.08 Å². The van der Waals surface area contributed by atoms with Crippen molar-refractivity contribution >= 4 is 17.7 Å². The fourth-order valence-electron chi connectivity index (χ4n) is 2.32. The molecule has 1 aliphatic heterocycles. The van der Waals surface area contributed by atoms with Crippen LogP contribution in [0.25, 0.3) is 6.08 Å². The number of carbonyl (C=O) groups is 1. The van der Waals surface area contributed by atoms with Gasteiger partial charge in [0.2, 0.25) is 5.91 Å². The van der Waals surface area contributed by atoms with E-state index in [0.29, 0.717) is 17.0 Å². The zero-order valence-corrected chi connectivity index (χ0v) is 13.5. The molecule has 0 saturated heterocycles. The van der Waals surface area contributed by atoms with Crippen molar-refractivity contribution in [2.45, 2.75) is 32.8 Å². The van der Waals surface area contributed by atoms with Gasteiger partial charge in [0.1, 0.15) is 18.2 Å². The lowest BCUT2D eigenvalue weighted by atomic mass is 9.92. The van der Waals surface area contributed by atoms with Crippen LogP contribution in [0, 0.1) is 11.7 Å². The van der Waals surface area contributed by atoms with Crippen molar-refractivity contribution in [2.75, 3.05) is 6.61 Å². The van der Waals surface area contributed by atoms with Crippen molar-refractivity contribution in [1.29, 1.82) is 0 Å². The molecule has 6 heteroatoms. The number of ether oxygens (including phenoxy) is 1. The van der Waals surface area contributed by atoms with Gasteiger partial charge in [-0.3, -0.25) is 4.79 Å². The summed E-state index contributed by atoms with van der Waals surface area (Å²) in [5, 5.41) is 13.7. The zero-order valence-electron chi connectivity index (χ0n) is 13.5. The van der Waals surface area contributed by atoms with Gasteiger partial charge in [0.05, 0.1) is 16.9 Å². The van der Waals surface area contributed by atoms with Crippen LogP contribution in [-0.4, -0.2) is 28.9 Å². The molecule has 0 bridgehead atoms. The summed E-state index contributed by atoms with van der Waals surface area (Å²) in [6, 6.07) is 3.18. The van der Waals surface area contributed by atoms with Gasteiger partial charge in [-0.15, -0.1) is 0 Å². The maximum atomic E-state index is 14.8. The summed E-state index contributed by atoms with van der Waals surface area (Å²) in [6.07, 6.45) is 1.63. The van der Waals surface area contributed by atoms with Gasteiger partial charge in [-0.25, -0.2) is 9.82 Å². The van der Waals surface area contributed by atoms with E-state index in [0.717, 1.165) is 0 Å². The van der Waals surface area contributed by atoms with Gasteiger partial charge < -0.3 is 9.84 Å². The van der Waals surface area contributed by atoms with Gasteiger partial charge in [-0.1, -0.05) is 19.6 Å². The van der Waals surface area contributed by atoms with Crippen molar-refractivity contribution < 1.29 is 19.0 Å². The molecule has 1 atom stereocenters.